The molecule has 0 bridgehead atoms. The Morgan fingerprint density at radius 2 is 2.24 bits per heavy atom. The van der Waals surface area contributed by atoms with Crippen molar-refractivity contribution in [3.8, 4) is 0 Å². The van der Waals surface area contributed by atoms with Crippen LogP contribution in [0.3, 0.4) is 0 Å². The van der Waals surface area contributed by atoms with Gasteiger partial charge in [-0.25, -0.2) is 9.78 Å². The number of fused-ring (bicyclic) bond motifs is 1. The Labute approximate surface area is 98.3 Å². The third-order valence-corrected chi connectivity index (χ3v) is 2.54. The van der Waals surface area contributed by atoms with Gasteiger partial charge in [0.2, 0.25) is 0 Å². The second-order valence-electron chi connectivity index (χ2n) is 4.20. The molecular formula is C12H14N2O3. The summed E-state index contributed by atoms with van der Waals surface area (Å²) in [7, 11) is 0. The molecule has 2 heterocycles. The largest absolute Gasteiger partial charge is 0.476 e. The summed E-state index contributed by atoms with van der Waals surface area (Å²) in [6.45, 7) is 3.57. The molecule has 0 spiro atoms. The molecule has 0 aliphatic rings. The number of nitrogens with zero attached hydrogens (tertiary/aromatic N) is 2. The fourth-order valence-corrected chi connectivity index (χ4v) is 1.82. The number of carboxylic acid groups (broad SMARTS) is 1. The lowest BCUT2D eigenvalue weighted by molar-refractivity contribution is 0.0693. The normalized spacial score (nSPS) is 12.9. The van der Waals surface area contributed by atoms with Gasteiger partial charge in [-0.05, 0) is 25.5 Å². The summed E-state index contributed by atoms with van der Waals surface area (Å²) >= 11 is 0. The van der Waals surface area contributed by atoms with Crippen molar-refractivity contribution in [2.24, 2.45) is 0 Å². The van der Waals surface area contributed by atoms with Gasteiger partial charge in [0.25, 0.3) is 0 Å². The number of aliphatic hydroxyl groups excluding tert-OH is 1. The molecule has 0 saturated heterocycles. The van der Waals surface area contributed by atoms with Crippen molar-refractivity contribution in [3.63, 3.8) is 0 Å². The van der Waals surface area contributed by atoms with Crippen LogP contribution < -0.4 is 0 Å². The van der Waals surface area contributed by atoms with E-state index in [1.54, 1.807) is 17.4 Å². The number of carboxylic acids is 1. The molecule has 2 rings (SSSR count). The zero-order valence-corrected chi connectivity index (χ0v) is 9.71. The van der Waals surface area contributed by atoms with Crippen LogP contribution in [0.4, 0.5) is 0 Å². The number of hydrogen-bond acceptors (Lipinski definition) is 3. The maximum atomic E-state index is 11.1. The minimum atomic E-state index is -1.05. The molecule has 5 heteroatoms. The maximum Gasteiger partial charge on any atom is 0.356 e. The Morgan fingerprint density at radius 1 is 1.53 bits per heavy atom. The Kier molecular flexibility index (Phi) is 2.85. The molecule has 0 radical (unpaired) electrons. The number of carbonyl (C=O) groups is 1. The van der Waals surface area contributed by atoms with Gasteiger partial charge in [-0.2, -0.15) is 0 Å². The van der Waals surface area contributed by atoms with Crippen LogP contribution in [0.5, 0.6) is 0 Å². The Morgan fingerprint density at radius 3 is 2.82 bits per heavy atom. The summed E-state index contributed by atoms with van der Waals surface area (Å²) in [5.74, 6) is -0.487. The number of aromatic nitrogens is 2. The van der Waals surface area contributed by atoms with Gasteiger partial charge in [0.1, 0.15) is 5.82 Å². The topological polar surface area (TPSA) is 74.8 Å². The molecule has 0 aliphatic heterocycles. The third-order valence-electron chi connectivity index (χ3n) is 2.54. The van der Waals surface area contributed by atoms with Crippen molar-refractivity contribution in [1.82, 2.24) is 9.38 Å². The van der Waals surface area contributed by atoms with Crippen LogP contribution in [0.2, 0.25) is 0 Å². The summed E-state index contributed by atoms with van der Waals surface area (Å²) in [6.07, 6.45) is 1.60. The van der Waals surface area contributed by atoms with Crippen LogP contribution in [-0.4, -0.2) is 31.7 Å². The molecule has 17 heavy (non-hydrogen) atoms. The Bertz CT molecular complexity index is 572. The van der Waals surface area contributed by atoms with E-state index >= 15 is 0 Å². The summed E-state index contributed by atoms with van der Waals surface area (Å²) in [5, 5.41) is 18.4. The van der Waals surface area contributed by atoms with E-state index in [0.717, 1.165) is 5.56 Å². The predicted molar refractivity (Wildman–Crippen MR) is 62.3 cm³/mol. The average molecular weight is 234 g/mol. The number of rotatable bonds is 3. The van der Waals surface area contributed by atoms with Crippen LogP contribution in [0, 0.1) is 6.92 Å². The highest BCUT2D eigenvalue weighted by atomic mass is 16.4. The minimum Gasteiger partial charge on any atom is -0.476 e. The van der Waals surface area contributed by atoms with Crippen LogP contribution in [-0.2, 0) is 6.42 Å². The molecule has 2 aromatic heterocycles. The predicted octanol–water partition coefficient (Wildman–Crippen LogP) is 1.26. The van der Waals surface area contributed by atoms with Crippen LogP contribution in [0.15, 0.2) is 18.3 Å². The molecule has 1 atom stereocenters. The third kappa shape index (κ3) is 2.14. The van der Waals surface area contributed by atoms with Gasteiger partial charge < -0.3 is 14.6 Å². The fraction of sp³-hybridized carbons (Fsp3) is 0.333. The van der Waals surface area contributed by atoms with Crippen LogP contribution >= 0.6 is 0 Å². The quantitative estimate of drug-likeness (QED) is 0.838. The number of aryl methyl sites for hydroxylation is 1. The van der Waals surface area contributed by atoms with E-state index in [1.165, 1.54) is 0 Å². The number of imidazole rings is 1. The lowest BCUT2D eigenvalue weighted by atomic mass is 10.2. The highest BCUT2D eigenvalue weighted by Crippen LogP contribution is 2.16. The molecule has 0 fully saturated rings. The maximum absolute atomic E-state index is 11.1. The second-order valence-corrected chi connectivity index (χ2v) is 4.20. The summed E-state index contributed by atoms with van der Waals surface area (Å²) in [6, 6.07) is 3.58. The van der Waals surface area contributed by atoms with Gasteiger partial charge in [-0.15, -0.1) is 0 Å². The molecule has 1 unspecified atom stereocenters. The summed E-state index contributed by atoms with van der Waals surface area (Å²) < 4.78 is 1.73. The molecular weight excluding hydrogens is 220 g/mol. The highest BCUT2D eigenvalue weighted by Gasteiger charge is 2.17. The van der Waals surface area contributed by atoms with Crippen molar-refractivity contribution in [2.45, 2.75) is 26.4 Å². The van der Waals surface area contributed by atoms with Crippen LogP contribution in [0.1, 0.15) is 28.8 Å². The zero-order valence-electron chi connectivity index (χ0n) is 9.71. The number of aliphatic hydroxyl groups is 1. The number of hydrogen-bond donors (Lipinski definition) is 2. The molecule has 0 aliphatic carbocycles. The molecule has 90 valence electrons. The second kappa shape index (κ2) is 4.18. The van der Waals surface area contributed by atoms with E-state index in [2.05, 4.69) is 4.98 Å². The smallest absolute Gasteiger partial charge is 0.356 e. The first kappa shape index (κ1) is 11.6. The summed E-state index contributed by atoms with van der Waals surface area (Å²) in [4.78, 5) is 15.1. The SMILES string of the molecule is Cc1ccc2c(C(=O)O)nc(CC(C)O)n2c1. The fourth-order valence-electron chi connectivity index (χ4n) is 1.82. The number of pyridine rings is 1. The van der Waals surface area contributed by atoms with E-state index in [0.29, 0.717) is 17.8 Å². The van der Waals surface area contributed by atoms with E-state index in [4.69, 9.17) is 5.11 Å². The van der Waals surface area contributed by atoms with Crippen molar-refractivity contribution < 1.29 is 15.0 Å². The lowest BCUT2D eigenvalue weighted by Gasteiger charge is -2.04. The van der Waals surface area contributed by atoms with Crippen molar-refractivity contribution >= 4 is 11.5 Å². The summed E-state index contributed by atoms with van der Waals surface area (Å²) in [5.41, 5.74) is 1.60. The highest BCUT2D eigenvalue weighted by molar-refractivity contribution is 5.93. The monoisotopic (exact) mass is 234 g/mol. The Balaban J connectivity index is 2.66. The molecule has 0 amide bonds. The molecule has 0 aromatic carbocycles. The van der Waals surface area contributed by atoms with Gasteiger partial charge in [-0.3, -0.25) is 0 Å². The van der Waals surface area contributed by atoms with E-state index in [9.17, 15) is 9.90 Å². The molecule has 0 saturated carbocycles. The van der Waals surface area contributed by atoms with Gasteiger partial charge in [0, 0.05) is 12.6 Å². The first-order valence-corrected chi connectivity index (χ1v) is 5.38. The zero-order chi connectivity index (χ0) is 12.6. The first-order chi connectivity index (χ1) is 7.99. The average Bonchev–Trinajstić information content (AvgIpc) is 2.56. The lowest BCUT2D eigenvalue weighted by Crippen LogP contribution is -2.08. The van der Waals surface area contributed by atoms with Gasteiger partial charge in [0.05, 0.1) is 11.6 Å². The van der Waals surface area contributed by atoms with Gasteiger partial charge in [-0.1, -0.05) is 6.07 Å². The van der Waals surface area contributed by atoms with E-state index in [-0.39, 0.29) is 5.69 Å². The van der Waals surface area contributed by atoms with E-state index in [1.807, 2.05) is 19.2 Å². The van der Waals surface area contributed by atoms with Crippen molar-refractivity contribution in [3.05, 3.63) is 35.4 Å². The molecule has 2 aromatic rings. The minimum absolute atomic E-state index is 0.0284. The first-order valence-electron chi connectivity index (χ1n) is 5.38. The number of aromatic carboxylic acids is 1. The van der Waals surface area contributed by atoms with Gasteiger partial charge >= 0.3 is 5.97 Å². The van der Waals surface area contributed by atoms with Crippen LogP contribution in [0.25, 0.3) is 5.52 Å². The molecule has 2 N–H and O–H groups in total. The van der Waals surface area contributed by atoms with Crippen molar-refractivity contribution in [2.75, 3.05) is 0 Å². The Hall–Kier alpha value is -1.88. The standard InChI is InChI=1S/C12H14N2O3/c1-7-3-4-9-11(12(16)17)13-10(5-8(2)15)14(9)6-7/h3-4,6,8,15H,5H2,1-2H3,(H,16,17). The van der Waals surface area contributed by atoms with E-state index < -0.39 is 12.1 Å². The molecule has 5 nitrogen and oxygen atoms in total. The van der Waals surface area contributed by atoms with Gasteiger partial charge in [0.15, 0.2) is 5.69 Å². The van der Waals surface area contributed by atoms with Crippen molar-refractivity contribution in [1.29, 1.82) is 0 Å².